The summed E-state index contributed by atoms with van der Waals surface area (Å²) in [6.07, 6.45) is 5.14. The SMILES string of the molecule is CC1SCC(C(=O)O)N1C(=O)C1(C)CCCCC1. The smallest absolute Gasteiger partial charge is 0.327 e. The summed E-state index contributed by atoms with van der Waals surface area (Å²) in [6, 6.07) is -0.642. The van der Waals surface area contributed by atoms with Crippen LogP contribution in [0.1, 0.15) is 46.0 Å². The lowest BCUT2D eigenvalue weighted by atomic mass is 9.74. The number of carbonyl (C=O) groups is 2. The summed E-state index contributed by atoms with van der Waals surface area (Å²) in [7, 11) is 0. The number of amides is 1. The molecule has 2 fully saturated rings. The van der Waals surface area contributed by atoms with Crippen LogP contribution >= 0.6 is 11.8 Å². The fourth-order valence-electron chi connectivity index (χ4n) is 3.00. The average Bonchev–Trinajstić information content (AvgIpc) is 2.71. The molecule has 2 unspecified atom stereocenters. The fourth-order valence-corrected chi connectivity index (χ4v) is 4.17. The van der Waals surface area contributed by atoms with Gasteiger partial charge in [0.15, 0.2) is 0 Å². The zero-order valence-electron chi connectivity index (χ0n) is 11.0. The third kappa shape index (κ3) is 2.37. The Kier molecular flexibility index (Phi) is 3.90. The van der Waals surface area contributed by atoms with Gasteiger partial charge in [-0.2, -0.15) is 0 Å². The Morgan fingerprint density at radius 2 is 1.89 bits per heavy atom. The molecular formula is C13H21NO3S. The summed E-state index contributed by atoms with van der Waals surface area (Å²) in [5.41, 5.74) is -0.342. The van der Waals surface area contributed by atoms with Crippen LogP contribution < -0.4 is 0 Å². The Balaban J connectivity index is 2.17. The minimum absolute atomic E-state index is 0.0163. The monoisotopic (exact) mass is 271 g/mol. The van der Waals surface area contributed by atoms with E-state index in [0.29, 0.717) is 5.75 Å². The molecule has 1 saturated heterocycles. The Labute approximate surface area is 112 Å². The molecule has 0 aromatic carbocycles. The van der Waals surface area contributed by atoms with Crippen molar-refractivity contribution >= 4 is 23.6 Å². The van der Waals surface area contributed by atoms with Crippen molar-refractivity contribution in [2.24, 2.45) is 5.41 Å². The van der Waals surface area contributed by atoms with Crippen LogP contribution in [0.5, 0.6) is 0 Å². The van der Waals surface area contributed by atoms with Crippen molar-refractivity contribution in [2.75, 3.05) is 5.75 Å². The zero-order valence-corrected chi connectivity index (χ0v) is 11.8. The first-order valence-electron chi connectivity index (χ1n) is 6.63. The summed E-state index contributed by atoms with van der Waals surface area (Å²) in [5, 5.41) is 9.21. The molecule has 1 aliphatic carbocycles. The molecule has 0 bridgehead atoms. The van der Waals surface area contributed by atoms with Crippen molar-refractivity contribution in [3.05, 3.63) is 0 Å². The summed E-state index contributed by atoms with van der Waals surface area (Å²) in [5.74, 6) is -0.315. The Bertz CT molecular complexity index is 352. The van der Waals surface area contributed by atoms with Crippen LogP contribution in [-0.2, 0) is 9.59 Å². The summed E-state index contributed by atoms with van der Waals surface area (Å²) < 4.78 is 0. The van der Waals surface area contributed by atoms with Gasteiger partial charge in [0.25, 0.3) is 0 Å². The van der Waals surface area contributed by atoms with Crippen molar-refractivity contribution in [3.8, 4) is 0 Å². The summed E-state index contributed by atoms with van der Waals surface area (Å²) in [6.45, 7) is 3.93. The van der Waals surface area contributed by atoms with Gasteiger partial charge in [-0.1, -0.05) is 26.2 Å². The molecule has 1 N–H and O–H groups in total. The maximum absolute atomic E-state index is 12.7. The lowest BCUT2D eigenvalue weighted by Crippen LogP contribution is -2.51. The number of rotatable bonds is 2. The molecule has 0 radical (unpaired) electrons. The van der Waals surface area contributed by atoms with Crippen LogP contribution in [0, 0.1) is 5.41 Å². The number of thioether (sulfide) groups is 1. The van der Waals surface area contributed by atoms with Gasteiger partial charge in [-0.15, -0.1) is 11.8 Å². The highest BCUT2D eigenvalue weighted by Gasteiger charge is 2.46. The van der Waals surface area contributed by atoms with Gasteiger partial charge in [-0.25, -0.2) is 4.79 Å². The van der Waals surface area contributed by atoms with Crippen molar-refractivity contribution in [3.63, 3.8) is 0 Å². The Morgan fingerprint density at radius 1 is 1.28 bits per heavy atom. The maximum Gasteiger partial charge on any atom is 0.327 e. The number of nitrogens with zero attached hydrogens (tertiary/aromatic N) is 1. The largest absolute Gasteiger partial charge is 0.480 e. The number of hydrogen-bond donors (Lipinski definition) is 1. The lowest BCUT2D eigenvalue weighted by molar-refractivity contribution is -0.154. The predicted octanol–water partition coefficient (Wildman–Crippen LogP) is 2.33. The van der Waals surface area contributed by atoms with Gasteiger partial charge in [0, 0.05) is 11.2 Å². The first-order chi connectivity index (χ1) is 8.46. The number of hydrogen-bond acceptors (Lipinski definition) is 3. The molecule has 1 amide bonds. The summed E-state index contributed by atoms with van der Waals surface area (Å²) in [4.78, 5) is 25.5. The lowest BCUT2D eigenvalue weighted by Gasteiger charge is -2.38. The minimum atomic E-state index is -0.875. The molecular weight excluding hydrogens is 250 g/mol. The molecule has 2 atom stereocenters. The number of carbonyl (C=O) groups excluding carboxylic acids is 1. The highest BCUT2D eigenvalue weighted by molar-refractivity contribution is 8.00. The molecule has 0 aromatic heterocycles. The van der Waals surface area contributed by atoms with Crippen molar-refractivity contribution in [1.29, 1.82) is 0 Å². The predicted molar refractivity (Wildman–Crippen MR) is 71.4 cm³/mol. The van der Waals surface area contributed by atoms with Crippen LogP contribution in [0.2, 0.25) is 0 Å². The van der Waals surface area contributed by atoms with Gasteiger partial charge in [0.05, 0.1) is 5.37 Å². The van der Waals surface area contributed by atoms with E-state index in [1.165, 1.54) is 6.42 Å². The third-order valence-electron chi connectivity index (χ3n) is 4.22. The normalized spacial score (nSPS) is 31.3. The molecule has 5 heteroatoms. The highest BCUT2D eigenvalue weighted by Crippen LogP contribution is 2.41. The third-order valence-corrected chi connectivity index (χ3v) is 5.43. The van der Waals surface area contributed by atoms with E-state index in [-0.39, 0.29) is 16.7 Å². The highest BCUT2D eigenvalue weighted by atomic mass is 32.2. The second-order valence-corrected chi connectivity index (χ2v) is 6.97. The standard InChI is InChI=1S/C13H21NO3S/c1-9-14(10(8-18-9)11(15)16)12(17)13(2)6-4-3-5-7-13/h9-10H,3-8H2,1-2H3,(H,15,16). The number of carboxylic acid groups (broad SMARTS) is 1. The summed E-state index contributed by atoms with van der Waals surface area (Å²) >= 11 is 1.56. The van der Waals surface area contributed by atoms with E-state index in [2.05, 4.69) is 0 Å². The van der Waals surface area contributed by atoms with E-state index >= 15 is 0 Å². The van der Waals surface area contributed by atoms with Crippen LogP contribution in [0.25, 0.3) is 0 Å². The molecule has 0 aromatic rings. The van der Waals surface area contributed by atoms with Crippen molar-refractivity contribution in [2.45, 2.75) is 57.4 Å². The van der Waals surface area contributed by atoms with E-state index < -0.39 is 12.0 Å². The fraction of sp³-hybridized carbons (Fsp3) is 0.846. The van der Waals surface area contributed by atoms with E-state index in [0.717, 1.165) is 25.7 Å². The van der Waals surface area contributed by atoms with Gasteiger partial charge < -0.3 is 10.0 Å². The second kappa shape index (κ2) is 5.11. The van der Waals surface area contributed by atoms with Crippen LogP contribution in [0.15, 0.2) is 0 Å². The average molecular weight is 271 g/mol. The second-order valence-electron chi connectivity index (χ2n) is 5.62. The molecule has 102 valence electrons. The van der Waals surface area contributed by atoms with Gasteiger partial charge in [-0.05, 0) is 19.8 Å². The van der Waals surface area contributed by atoms with Crippen molar-refractivity contribution < 1.29 is 14.7 Å². The minimum Gasteiger partial charge on any atom is -0.480 e. The molecule has 2 aliphatic rings. The molecule has 1 saturated carbocycles. The quantitative estimate of drug-likeness (QED) is 0.837. The van der Waals surface area contributed by atoms with E-state index in [9.17, 15) is 14.7 Å². The van der Waals surface area contributed by atoms with Crippen molar-refractivity contribution in [1.82, 2.24) is 4.90 Å². The van der Waals surface area contributed by atoms with Gasteiger partial charge >= 0.3 is 5.97 Å². The molecule has 0 spiro atoms. The maximum atomic E-state index is 12.7. The molecule has 2 rings (SSSR count). The van der Waals surface area contributed by atoms with E-state index in [1.807, 2.05) is 13.8 Å². The molecule has 1 aliphatic heterocycles. The Hall–Kier alpha value is -0.710. The van der Waals surface area contributed by atoms with Gasteiger partial charge in [0.2, 0.25) is 5.91 Å². The van der Waals surface area contributed by atoms with Gasteiger partial charge in [-0.3, -0.25) is 4.79 Å². The van der Waals surface area contributed by atoms with Crippen LogP contribution in [0.4, 0.5) is 0 Å². The molecule has 1 heterocycles. The van der Waals surface area contributed by atoms with Crippen LogP contribution in [0.3, 0.4) is 0 Å². The first-order valence-corrected chi connectivity index (χ1v) is 7.68. The first kappa shape index (κ1) is 13.7. The Morgan fingerprint density at radius 3 is 2.44 bits per heavy atom. The topological polar surface area (TPSA) is 57.6 Å². The number of carboxylic acids is 1. The molecule has 18 heavy (non-hydrogen) atoms. The van der Waals surface area contributed by atoms with Crippen LogP contribution in [-0.4, -0.2) is 39.1 Å². The van der Waals surface area contributed by atoms with Gasteiger partial charge in [0.1, 0.15) is 6.04 Å². The van der Waals surface area contributed by atoms with E-state index in [1.54, 1.807) is 16.7 Å². The number of aliphatic carboxylic acids is 1. The van der Waals surface area contributed by atoms with E-state index in [4.69, 9.17) is 0 Å². The zero-order chi connectivity index (χ0) is 13.3. The molecule has 4 nitrogen and oxygen atoms in total.